The normalized spacial score (nSPS) is 11.8. The number of ether oxygens (including phenoxy) is 1. The highest BCUT2D eigenvalue weighted by Gasteiger charge is 2.22. The standard InChI is InChI=1S/C22H28BrN3O4S2/c1-14(2)13-30-19-11-6-15(23)12-18(19)20(27)25-21(31)24-16-7-9-17(10-8-16)32(28,29)26-22(3,4)5/h6-12,14,26H,13H2,1-5H3,(H2,24,25,27,31). The lowest BCUT2D eigenvalue weighted by molar-refractivity contribution is 0.0973. The van der Waals surface area contributed by atoms with Gasteiger partial charge in [-0.25, -0.2) is 13.1 Å². The van der Waals surface area contributed by atoms with Gasteiger partial charge in [-0.2, -0.15) is 0 Å². The lowest BCUT2D eigenvalue weighted by Gasteiger charge is -2.20. The third kappa shape index (κ3) is 8.16. The quantitative estimate of drug-likeness (QED) is 0.440. The minimum Gasteiger partial charge on any atom is -0.492 e. The van der Waals surface area contributed by atoms with E-state index in [0.717, 1.165) is 4.47 Å². The summed E-state index contributed by atoms with van der Waals surface area (Å²) < 4.78 is 33.9. The lowest BCUT2D eigenvalue weighted by Crippen LogP contribution is -2.40. The molecule has 0 aromatic heterocycles. The molecule has 0 fully saturated rings. The van der Waals surface area contributed by atoms with Crippen molar-refractivity contribution in [2.24, 2.45) is 5.92 Å². The minimum atomic E-state index is -3.64. The molecule has 0 radical (unpaired) electrons. The van der Waals surface area contributed by atoms with E-state index in [0.29, 0.717) is 29.5 Å². The lowest BCUT2D eigenvalue weighted by atomic mass is 10.1. The molecule has 0 heterocycles. The van der Waals surface area contributed by atoms with E-state index in [-0.39, 0.29) is 10.0 Å². The Hall–Kier alpha value is -2.01. The highest BCUT2D eigenvalue weighted by Crippen LogP contribution is 2.24. The average molecular weight is 543 g/mol. The largest absolute Gasteiger partial charge is 0.492 e. The molecule has 1 amide bonds. The fourth-order valence-electron chi connectivity index (χ4n) is 2.57. The molecule has 0 spiro atoms. The van der Waals surface area contributed by atoms with Crippen LogP contribution in [0.3, 0.4) is 0 Å². The van der Waals surface area contributed by atoms with Crippen molar-refractivity contribution >= 4 is 54.9 Å². The summed E-state index contributed by atoms with van der Waals surface area (Å²) in [6.45, 7) is 9.83. The van der Waals surface area contributed by atoms with E-state index >= 15 is 0 Å². The van der Waals surface area contributed by atoms with Crippen molar-refractivity contribution in [3.63, 3.8) is 0 Å². The van der Waals surface area contributed by atoms with Gasteiger partial charge in [0.2, 0.25) is 10.0 Å². The van der Waals surface area contributed by atoms with Crippen LogP contribution in [0.5, 0.6) is 5.75 Å². The Morgan fingerprint density at radius 3 is 2.31 bits per heavy atom. The van der Waals surface area contributed by atoms with Crippen molar-refractivity contribution in [3.05, 3.63) is 52.5 Å². The second kappa shape index (κ2) is 10.7. The van der Waals surface area contributed by atoms with Crippen LogP contribution in [0, 0.1) is 5.92 Å². The van der Waals surface area contributed by atoms with Crippen LogP contribution in [0.1, 0.15) is 45.0 Å². The summed E-state index contributed by atoms with van der Waals surface area (Å²) in [7, 11) is -3.64. The molecule has 0 bridgehead atoms. The van der Waals surface area contributed by atoms with Crippen molar-refractivity contribution in [1.29, 1.82) is 0 Å². The molecule has 2 rings (SSSR count). The van der Waals surface area contributed by atoms with Crippen molar-refractivity contribution in [1.82, 2.24) is 10.0 Å². The molecule has 0 atom stereocenters. The summed E-state index contributed by atoms with van der Waals surface area (Å²) in [6, 6.07) is 11.3. The predicted molar refractivity (Wildman–Crippen MR) is 135 cm³/mol. The molecule has 0 unspecified atom stereocenters. The number of halogens is 1. The third-order valence-corrected chi connectivity index (χ3v) is 6.32. The molecule has 2 aromatic rings. The molecule has 0 aliphatic rings. The zero-order chi connectivity index (χ0) is 24.1. The highest BCUT2D eigenvalue weighted by atomic mass is 79.9. The van der Waals surface area contributed by atoms with Gasteiger partial charge in [0.1, 0.15) is 5.75 Å². The van der Waals surface area contributed by atoms with E-state index in [1.54, 1.807) is 51.1 Å². The molecular formula is C22H28BrN3O4S2. The number of nitrogens with one attached hydrogen (secondary N) is 3. The van der Waals surface area contributed by atoms with E-state index in [2.05, 4.69) is 31.3 Å². The number of sulfonamides is 1. The van der Waals surface area contributed by atoms with Crippen LogP contribution < -0.4 is 20.1 Å². The number of rotatable bonds is 7. The summed E-state index contributed by atoms with van der Waals surface area (Å²) in [5.74, 6) is 0.349. The minimum absolute atomic E-state index is 0.0770. The Balaban J connectivity index is 2.07. The second-order valence-corrected chi connectivity index (χ2v) is 11.6. The SMILES string of the molecule is CC(C)COc1ccc(Br)cc1C(=O)NC(=S)Nc1ccc(S(=O)(=O)NC(C)(C)C)cc1. The van der Waals surface area contributed by atoms with Crippen molar-refractivity contribution in [2.45, 2.75) is 45.1 Å². The summed E-state index contributed by atoms with van der Waals surface area (Å²) in [6.07, 6.45) is 0. The predicted octanol–water partition coefficient (Wildman–Crippen LogP) is 4.69. The number of hydrogen-bond acceptors (Lipinski definition) is 5. The first-order valence-electron chi connectivity index (χ1n) is 9.95. The maximum absolute atomic E-state index is 12.8. The van der Waals surface area contributed by atoms with Gasteiger partial charge in [0.15, 0.2) is 5.11 Å². The Kier molecular flexibility index (Phi) is 8.81. The topological polar surface area (TPSA) is 96.5 Å². The van der Waals surface area contributed by atoms with E-state index < -0.39 is 21.5 Å². The maximum Gasteiger partial charge on any atom is 0.261 e. The monoisotopic (exact) mass is 541 g/mol. The Morgan fingerprint density at radius 1 is 1.12 bits per heavy atom. The van der Waals surface area contributed by atoms with Gasteiger partial charge in [0.25, 0.3) is 5.91 Å². The zero-order valence-electron chi connectivity index (χ0n) is 18.7. The first kappa shape index (κ1) is 26.2. The molecule has 0 saturated heterocycles. The fraction of sp³-hybridized carbons (Fsp3) is 0.364. The van der Waals surface area contributed by atoms with Gasteiger partial charge in [-0.05, 0) is 81.4 Å². The van der Waals surface area contributed by atoms with E-state index in [1.807, 2.05) is 13.8 Å². The summed E-state index contributed by atoms with van der Waals surface area (Å²) >= 11 is 8.61. The maximum atomic E-state index is 12.8. The Labute approximate surface area is 203 Å². The first-order valence-corrected chi connectivity index (χ1v) is 12.6. The van der Waals surface area contributed by atoms with Gasteiger partial charge in [-0.3, -0.25) is 10.1 Å². The molecule has 0 saturated carbocycles. The third-order valence-electron chi connectivity index (χ3n) is 3.85. The second-order valence-electron chi connectivity index (χ2n) is 8.63. The summed E-state index contributed by atoms with van der Waals surface area (Å²) in [5, 5.41) is 5.59. The van der Waals surface area contributed by atoms with Crippen LogP contribution in [0.4, 0.5) is 5.69 Å². The average Bonchev–Trinajstić information content (AvgIpc) is 2.65. The number of carbonyl (C=O) groups excluding carboxylic acids is 1. The Bertz CT molecular complexity index is 1080. The van der Waals surface area contributed by atoms with Crippen LogP contribution in [0.15, 0.2) is 51.8 Å². The number of anilines is 1. The molecule has 2 aromatic carbocycles. The van der Waals surface area contributed by atoms with Gasteiger partial charge < -0.3 is 10.1 Å². The van der Waals surface area contributed by atoms with Crippen molar-refractivity contribution in [2.75, 3.05) is 11.9 Å². The molecular weight excluding hydrogens is 514 g/mol. The molecule has 7 nitrogen and oxygen atoms in total. The van der Waals surface area contributed by atoms with Crippen molar-refractivity contribution in [3.8, 4) is 5.75 Å². The number of benzene rings is 2. The zero-order valence-corrected chi connectivity index (χ0v) is 21.9. The van der Waals surface area contributed by atoms with E-state index in [4.69, 9.17) is 17.0 Å². The van der Waals surface area contributed by atoms with Gasteiger partial charge in [0.05, 0.1) is 17.1 Å². The van der Waals surface area contributed by atoms with Gasteiger partial charge in [-0.1, -0.05) is 29.8 Å². The van der Waals surface area contributed by atoms with Crippen LogP contribution in [-0.2, 0) is 10.0 Å². The highest BCUT2D eigenvalue weighted by molar-refractivity contribution is 9.10. The number of hydrogen-bond donors (Lipinski definition) is 3. The number of carbonyl (C=O) groups is 1. The van der Waals surface area contributed by atoms with Crippen molar-refractivity contribution < 1.29 is 17.9 Å². The van der Waals surface area contributed by atoms with Gasteiger partial charge in [0, 0.05) is 15.7 Å². The fourth-order valence-corrected chi connectivity index (χ4v) is 4.56. The van der Waals surface area contributed by atoms with E-state index in [1.165, 1.54) is 12.1 Å². The number of amides is 1. The van der Waals surface area contributed by atoms with E-state index in [9.17, 15) is 13.2 Å². The summed E-state index contributed by atoms with van der Waals surface area (Å²) in [5.41, 5.74) is 0.292. The number of thiocarbonyl (C=S) groups is 1. The molecule has 32 heavy (non-hydrogen) atoms. The molecule has 0 aliphatic heterocycles. The molecule has 10 heteroatoms. The molecule has 0 aliphatic carbocycles. The Morgan fingerprint density at radius 2 is 1.75 bits per heavy atom. The van der Waals surface area contributed by atoms with Crippen LogP contribution in [0.25, 0.3) is 0 Å². The summed E-state index contributed by atoms with van der Waals surface area (Å²) in [4.78, 5) is 12.9. The van der Waals surface area contributed by atoms with Crippen LogP contribution in [-0.4, -0.2) is 31.6 Å². The molecule has 3 N–H and O–H groups in total. The van der Waals surface area contributed by atoms with Crippen LogP contribution in [0.2, 0.25) is 0 Å². The first-order chi connectivity index (χ1) is 14.8. The smallest absolute Gasteiger partial charge is 0.261 e. The molecule has 174 valence electrons. The van der Waals surface area contributed by atoms with Gasteiger partial charge >= 0.3 is 0 Å². The van der Waals surface area contributed by atoms with Gasteiger partial charge in [-0.15, -0.1) is 0 Å². The van der Waals surface area contributed by atoms with Crippen LogP contribution >= 0.6 is 28.1 Å².